The zero-order chi connectivity index (χ0) is 17.5. The fourth-order valence-corrected chi connectivity index (χ4v) is 6.24. The molecule has 0 aromatic heterocycles. The molecule has 2 saturated carbocycles. The van der Waals surface area contributed by atoms with E-state index in [2.05, 4.69) is 52.6 Å². The van der Waals surface area contributed by atoms with Gasteiger partial charge in [-0.25, -0.2) is 0 Å². The highest BCUT2D eigenvalue weighted by Crippen LogP contribution is 2.62. The largest absolute Gasteiger partial charge is 0.106 e. The van der Waals surface area contributed by atoms with Gasteiger partial charge in [-0.2, -0.15) is 0 Å². The molecule has 4 rings (SSSR count). The van der Waals surface area contributed by atoms with E-state index in [0.29, 0.717) is 5.41 Å². The lowest BCUT2D eigenvalue weighted by molar-refractivity contribution is 0.0336. The zero-order valence-corrected chi connectivity index (χ0v) is 15.9. The van der Waals surface area contributed by atoms with Crippen molar-refractivity contribution in [2.45, 2.75) is 80.1 Å². The lowest BCUT2D eigenvalue weighted by Gasteiger charge is -2.50. The van der Waals surface area contributed by atoms with Crippen molar-refractivity contribution in [1.82, 2.24) is 0 Å². The number of hydrogen-bond donors (Lipinski definition) is 0. The van der Waals surface area contributed by atoms with Crippen LogP contribution in [0.5, 0.6) is 0 Å². The van der Waals surface area contributed by atoms with E-state index in [1.165, 1.54) is 49.7 Å². The lowest BCUT2D eigenvalue weighted by Crippen LogP contribution is -2.41. The minimum absolute atomic E-state index is 0. The quantitative estimate of drug-likeness (QED) is 0.446. The topological polar surface area (TPSA) is 0 Å². The van der Waals surface area contributed by atoms with Crippen molar-refractivity contribution in [2.24, 2.45) is 23.2 Å². The van der Waals surface area contributed by atoms with Gasteiger partial charge in [-0.3, -0.25) is 0 Å². The van der Waals surface area contributed by atoms with Gasteiger partial charge in [0, 0.05) is 0 Å². The summed E-state index contributed by atoms with van der Waals surface area (Å²) in [7, 11) is 0. The molecule has 146 valence electrons. The Labute approximate surface area is 163 Å². The van der Waals surface area contributed by atoms with Gasteiger partial charge in [0.1, 0.15) is 0 Å². The summed E-state index contributed by atoms with van der Waals surface area (Å²) < 4.78 is 0. The van der Waals surface area contributed by atoms with Crippen LogP contribution in [-0.4, -0.2) is 0 Å². The Hall–Kier alpha value is -1.30. The predicted octanol–water partition coefficient (Wildman–Crippen LogP) is 8.20. The van der Waals surface area contributed by atoms with Crippen molar-refractivity contribution in [2.75, 3.05) is 0 Å². The molecule has 2 fully saturated rings. The SMILES string of the molecule is C.C.C=C.C=Cc1cc2c(cc1C)C1CCC3(C)C(C)CCC3C1CC2. The molecule has 0 bridgehead atoms. The van der Waals surface area contributed by atoms with Crippen molar-refractivity contribution in [3.63, 3.8) is 0 Å². The normalized spacial score (nSPS) is 33.8. The van der Waals surface area contributed by atoms with Crippen molar-refractivity contribution in [3.8, 4) is 0 Å². The van der Waals surface area contributed by atoms with E-state index in [9.17, 15) is 0 Å². The third-order valence-electron chi connectivity index (χ3n) is 7.81. The van der Waals surface area contributed by atoms with Crippen LogP contribution in [-0.2, 0) is 6.42 Å². The molecule has 0 radical (unpaired) electrons. The summed E-state index contributed by atoms with van der Waals surface area (Å²) in [4.78, 5) is 0. The van der Waals surface area contributed by atoms with E-state index in [-0.39, 0.29) is 14.9 Å². The minimum Gasteiger partial charge on any atom is -0.106 e. The van der Waals surface area contributed by atoms with Crippen molar-refractivity contribution >= 4 is 6.08 Å². The maximum Gasteiger partial charge on any atom is -0.0128 e. The van der Waals surface area contributed by atoms with Crippen molar-refractivity contribution < 1.29 is 0 Å². The molecule has 5 unspecified atom stereocenters. The summed E-state index contributed by atoms with van der Waals surface area (Å²) in [5, 5.41) is 0. The summed E-state index contributed by atoms with van der Waals surface area (Å²) in [6, 6.07) is 4.93. The molecule has 1 aromatic rings. The minimum atomic E-state index is 0. The molecule has 5 atom stereocenters. The fourth-order valence-electron chi connectivity index (χ4n) is 6.24. The summed E-state index contributed by atoms with van der Waals surface area (Å²) >= 11 is 0. The number of hydrogen-bond acceptors (Lipinski definition) is 0. The summed E-state index contributed by atoms with van der Waals surface area (Å²) in [5.41, 5.74) is 6.71. The van der Waals surface area contributed by atoms with Crippen LogP contribution in [0.15, 0.2) is 31.9 Å². The highest BCUT2D eigenvalue weighted by molar-refractivity contribution is 5.56. The standard InChI is InChI=1S/C22H30.C2H4.2CH4/c1-5-16-13-17-7-8-19-18(20(17)12-14(16)2)10-11-22(4)15(3)6-9-21(19)22;1-2;;/h5,12-13,15,18-19,21H,1,6-11H2,2-4H3;1-2H2;2*1H4. The van der Waals surface area contributed by atoms with Crippen LogP contribution < -0.4 is 0 Å². The van der Waals surface area contributed by atoms with Crippen molar-refractivity contribution in [3.05, 3.63) is 54.1 Å². The second-order valence-electron chi connectivity index (χ2n) is 8.55. The Morgan fingerprint density at radius 1 is 1.08 bits per heavy atom. The van der Waals surface area contributed by atoms with Gasteiger partial charge >= 0.3 is 0 Å². The molecule has 0 heterocycles. The van der Waals surface area contributed by atoms with Gasteiger partial charge in [0.05, 0.1) is 0 Å². The summed E-state index contributed by atoms with van der Waals surface area (Å²) in [6.45, 7) is 17.4. The molecule has 0 aliphatic heterocycles. The molecule has 3 aliphatic rings. The third kappa shape index (κ3) is 3.32. The van der Waals surface area contributed by atoms with Crippen LogP contribution in [0.25, 0.3) is 6.08 Å². The first-order valence-corrected chi connectivity index (χ1v) is 9.80. The van der Waals surface area contributed by atoms with Crippen LogP contribution >= 0.6 is 0 Å². The number of fused-ring (bicyclic) bond motifs is 5. The first-order valence-electron chi connectivity index (χ1n) is 9.80. The van der Waals surface area contributed by atoms with E-state index in [0.717, 1.165) is 23.7 Å². The second kappa shape index (κ2) is 8.59. The van der Waals surface area contributed by atoms with Crippen LogP contribution in [0.2, 0.25) is 0 Å². The molecule has 0 saturated heterocycles. The van der Waals surface area contributed by atoms with Gasteiger partial charge in [-0.15, -0.1) is 13.2 Å². The maximum atomic E-state index is 3.98. The third-order valence-corrected chi connectivity index (χ3v) is 7.81. The van der Waals surface area contributed by atoms with Gasteiger partial charge in [0.2, 0.25) is 0 Å². The Morgan fingerprint density at radius 3 is 2.42 bits per heavy atom. The average Bonchev–Trinajstić information content (AvgIpc) is 2.91. The lowest BCUT2D eigenvalue weighted by atomic mass is 9.54. The van der Waals surface area contributed by atoms with Crippen LogP contribution in [0.3, 0.4) is 0 Å². The smallest absolute Gasteiger partial charge is 0.0128 e. The van der Waals surface area contributed by atoms with Crippen LogP contribution in [0.1, 0.15) is 89.0 Å². The van der Waals surface area contributed by atoms with Gasteiger partial charge in [0.15, 0.2) is 0 Å². The van der Waals surface area contributed by atoms with Gasteiger partial charge < -0.3 is 0 Å². The highest BCUT2D eigenvalue weighted by Gasteiger charge is 2.53. The number of rotatable bonds is 1. The molecule has 0 nitrogen and oxygen atoms in total. The molecule has 0 N–H and O–H groups in total. The Bertz CT molecular complexity index is 625. The Morgan fingerprint density at radius 2 is 1.77 bits per heavy atom. The van der Waals surface area contributed by atoms with E-state index < -0.39 is 0 Å². The van der Waals surface area contributed by atoms with E-state index in [1.807, 2.05) is 6.08 Å². The number of benzene rings is 1. The number of aryl methyl sites for hydroxylation is 2. The average molecular weight is 355 g/mol. The predicted molar refractivity (Wildman–Crippen MR) is 120 cm³/mol. The van der Waals surface area contributed by atoms with Gasteiger partial charge in [-0.1, -0.05) is 53.5 Å². The van der Waals surface area contributed by atoms with Crippen molar-refractivity contribution in [1.29, 1.82) is 0 Å². The molecule has 0 amide bonds. The van der Waals surface area contributed by atoms with Crippen LogP contribution in [0.4, 0.5) is 0 Å². The summed E-state index contributed by atoms with van der Waals surface area (Å²) in [5.74, 6) is 3.70. The first kappa shape index (κ1) is 22.7. The van der Waals surface area contributed by atoms with E-state index >= 15 is 0 Å². The van der Waals surface area contributed by atoms with Gasteiger partial charge in [0.25, 0.3) is 0 Å². The van der Waals surface area contributed by atoms with E-state index in [1.54, 1.807) is 11.1 Å². The fraction of sp³-hybridized carbons (Fsp3) is 0.615. The first-order chi connectivity index (χ1) is 11.5. The van der Waals surface area contributed by atoms with E-state index in [4.69, 9.17) is 0 Å². The monoisotopic (exact) mass is 354 g/mol. The molecule has 3 aliphatic carbocycles. The summed E-state index contributed by atoms with van der Waals surface area (Å²) in [6.07, 6.45) is 10.5. The molecule has 26 heavy (non-hydrogen) atoms. The van der Waals surface area contributed by atoms with Crippen LogP contribution in [0, 0.1) is 30.1 Å². The molecule has 0 spiro atoms. The maximum absolute atomic E-state index is 3.98. The molecular formula is C26H42. The molecule has 1 aromatic carbocycles. The molecule has 0 heteroatoms. The molecular weight excluding hydrogens is 312 g/mol. The highest BCUT2D eigenvalue weighted by atomic mass is 14.6. The Balaban J connectivity index is 0.000000818. The second-order valence-corrected chi connectivity index (χ2v) is 8.55. The Kier molecular flexibility index (Phi) is 7.52. The zero-order valence-electron chi connectivity index (χ0n) is 15.9. The van der Waals surface area contributed by atoms with Gasteiger partial charge in [-0.05, 0) is 96.8 Å².